The molecule has 1 atom stereocenters. The first-order chi connectivity index (χ1) is 3.97. The molecule has 0 aliphatic carbocycles. The normalized spacial score (nSPS) is 34.0. The van der Waals surface area contributed by atoms with E-state index in [1.54, 1.807) is 0 Å². The van der Waals surface area contributed by atoms with Gasteiger partial charge in [-0.05, 0) is 12.8 Å². The van der Waals surface area contributed by atoms with Crippen LogP contribution in [0.3, 0.4) is 0 Å². The molecule has 2 heteroatoms. The number of rotatable bonds is 0. The van der Waals surface area contributed by atoms with E-state index in [2.05, 4.69) is 16.6 Å². The second kappa shape index (κ2) is 1.69. The highest BCUT2D eigenvalue weighted by Crippen LogP contribution is 2.32. The molecule has 0 amide bonds. The number of hydrogen-bond acceptors (Lipinski definition) is 2. The Kier molecular flexibility index (Phi) is 1.00. The number of hydrogen-bond donors (Lipinski definition) is 0. The predicted molar refractivity (Wildman–Crippen MR) is 36.5 cm³/mol. The zero-order chi connectivity index (χ0) is 5.40. The highest BCUT2D eigenvalue weighted by atomic mass is 32.2. The summed E-state index contributed by atoms with van der Waals surface area (Å²) < 4.78 is 2.38. The highest BCUT2D eigenvalue weighted by molar-refractivity contribution is 7.97. The van der Waals surface area contributed by atoms with E-state index in [9.17, 15) is 0 Å². The third-order valence-corrected chi connectivity index (χ3v) is 2.85. The Labute approximate surface area is 53.9 Å². The SMILES string of the molecule is C1=CN2SCCC2C1. The van der Waals surface area contributed by atoms with Gasteiger partial charge in [0.15, 0.2) is 0 Å². The van der Waals surface area contributed by atoms with E-state index in [4.69, 9.17) is 0 Å². The lowest BCUT2D eigenvalue weighted by Crippen LogP contribution is -2.11. The molecule has 0 aromatic rings. The Morgan fingerprint density at radius 1 is 1.62 bits per heavy atom. The third-order valence-electron chi connectivity index (χ3n) is 1.71. The molecule has 2 heterocycles. The molecule has 2 aliphatic heterocycles. The van der Waals surface area contributed by atoms with Crippen molar-refractivity contribution in [1.29, 1.82) is 0 Å². The van der Waals surface area contributed by atoms with E-state index < -0.39 is 0 Å². The van der Waals surface area contributed by atoms with E-state index in [1.807, 2.05) is 11.9 Å². The van der Waals surface area contributed by atoms with Crippen molar-refractivity contribution in [2.24, 2.45) is 0 Å². The fourth-order valence-electron chi connectivity index (χ4n) is 1.24. The summed E-state index contributed by atoms with van der Waals surface area (Å²) >= 11 is 1.96. The molecule has 0 spiro atoms. The Morgan fingerprint density at radius 2 is 2.62 bits per heavy atom. The number of fused-ring (bicyclic) bond motifs is 1. The van der Waals surface area contributed by atoms with Gasteiger partial charge in [0, 0.05) is 18.0 Å². The van der Waals surface area contributed by atoms with Crippen molar-refractivity contribution in [3.05, 3.63) is 12.3 Å². The lowest BCUT2D eigenvalue weighted by molar-refractivity contribution is 0.495. The van der Waals surface area contributed by atoms with Crippen molar-refractivity contribution in [2.45, 2.75) is 18.9 Å². The van der Waals surface area contributed by atoms with E-state index in [0.717, 1.165) is 6.04 Å². The van der Waals surface area contributed by atoms with Crippen LogP contribution >= 0.6 is 11.9 Å². The van der Waals surface area contributed by atoms with Crippen molar-refractivity contribution in [2.75, 3.05) is 5.75 Å². The van der Waals surface area contributed by atoms with Crippen LogP contribution in [0.25, 0.3) is 0 Å². The molecule has 0 N–H and O–H groups in total. The summed E-state index contributed by atoms with van der Waals surface area (Å²) in [4.78, 5) is 0. The highest BCUT2D eigenvalue weighted by Gasteiger charge is 2.24. The summed E-state index contributed by atoms with van der Waals surface area (Å²) in [6, 6.07) is 0.861. The molecule has 1 unspecified atom stereocenters. The molecule has 0 aromatic heterocycles. The van der Waals surface area contributed by atoms with Gasteiger partial charge in [-0.2, -0.15) is 0 Å². The zero-order valence-electron chi connectivity index (χ0n) is 4.71. The van der Waals surface area contributed by atoms with Gasteiger partial charge in [0.2, 0.25) is 0 Å². The quantitative estimate of drug-likeness (QED) is 0.455. The van der Waals surface area contributed by atoms with Crippen molar-refractivity contribution >= 4 is 11.9 Å². The fraction of sp³-hybridized carbons (Fsp3) is 0.667. The maximum Gasteiger partial charge on any atom is 0.0443 e. The molecule has 8 heavy (non-hydrogen) atoms. The first kappa shape index (κ1) is 4.74. The van der Waals surface area contributed by atoms with Crippen LogP contribution < -0.4 is 0 Å². The molecule has 2 rings (SSSR count). The van der Waals surface area contributed by atoms with Gasteiger partial charge in [-0.1, -0.05) is 18.0 Å². The van der Waals surface area contributed by atoms with Gasteiger partial charge in [0.1, 0.15) is 0 Å². The third kappa shape index (κ3) is 0.558. The summed E-state index contributed by atoms with van der Waals surface area (Å²) in [5.74, 6) is 1.33. The van der Waals surface area contributed by atoms with Gasteiger partial charge in [0.05, 0.1) is 0 Å². The van der Waals surface area contributed by atoms with E-state index >= 15 is 0 Å². The Balaban J connectivity index is 2.13. The van der Waals surface area contributed by atoms with Gasteiger partial charge < -0.3 is 4.31 Å². The molecule has 0 aromatic carbocycles. The average molecular weight is 127 g/mol. The summed E-state index contributed by atoms with van der Waals surface area (Å²) in [7, 11) is 0. The summed E-state index contributed by atoms with van der Waals surface area (Å²) in [6.07, 6.45) is 7.14. The van der Waals surface area contributed by atoms with Crippen LogP contribution in [0.2, 0.25) is 0 Å². The van der Waals surface area contributed by atoms with Gasteiger partial charge in [-0.3, -0.25) is 0 Å². The maximum atomic E-state index is 2.38. The van der Waals surface area contributed by atoms with E-state index in [0.29, 0.717) is 0 Å². The molecular formula is C6H9NS. The van der Waals surface area contributed by atoms with Crippen LogP contribution in [0.1, 0.15) is 12.8 Å². The van der Waals surface area contributed by atoms with Crippen LogP contribution in [0.15, 0.2) is 12.3 Å². The second-order valence-corrected chi connectivity index (χ2v) is 3.34. The molecule has 44 valence electrons. The molecule has 0 saturated carbocycles. The predicted octanol–water partition coefficient (Wildman–Crippen LogP) is 1.63. The molecule has 2 aliphatic rings. The van der Waals surface area contributed by atoms with Crippen LogP contribution in [0.4, 0.5) is 0 Å². The Morgan fingerprint density at radius 3 is 3.50 bits per heavy atom. The molecule has 0 radical (unpaired) electrons. The van der Waals surface area contributed by atoms with Crippen LogP contribution in [0.5, 0.6) is 0 Å². The summed E-state index contributed by atoms with van der Waals surface area (Å²) in [6.45, 7) is 0. The molecule has 0 bridgehead atoms. The largest absolute Gasteiger partial charge is 0.320 e. The molecule has 1 nitrogen and oxygen atoms in total. The summed E-state index contributed by atoms with van der Waals surface area (Å²) in [5.41, 5.74) is 0. The van der Waals surface area contributed by atoms with Crippen LogP contribution in [-0.2, 0) is 0 Å². The maximum absolute atomic E-state index is 2.38. The topological polar surface area (TPSA) is 3.24 Å². The molecule has 1 fully saturated rings. The molecule has 1 saturated heterocycles. The zero-order valence-corrected chi connectivity index (χ0v) is 5.53. The average Bonchev–Trinajstić information content (AvgIpc) is 2.15. The van der Waals surface area contributed by atoms with Crippen molar-refractivity contribution in [3.8, 4) is 0 Å². The van der Waals surface area contributed by atoms with Gasteiger partial charge >= 0.3 is 0 Å². The lowest BCUT2D eigenvalue weighted by atomic mass is 10.2. The Hall–Kier alpha value is -0.110. The van der Waals surface area contributed by atoms with Gasteiger partial charge in [-0.15, -0.1) is 0 Å². The van der Waals surface area contributed by atoms with Crippen LogP contribution in [0, 0.1) is 0 Å². The second-order valence-electron chi connectivity index (χ2n) is 2.26. The van der Waals surface area contributed by atoms with Crippen molar-refractivity contribution in [3.63, 3.8) is 0 Å². The lowest BCUT2D eigenvalue weighted by Gasteiger charge is -2.11. The Bertz CT molecular complexity index is 122. The fourth-order valence-corrected chi connectivity index (χ4v) is 2.40. The molecular weight excluding hydrogens is 118 g/mol. The minimum atomic E-state index is 0.861. The first-order valence-corrected chi connectivity index (χ1v) is 3.99. The smallest absolute Gasteiger partial charge is 0.0443 e. The minimum absolute atomic E-state index is 0.861. The van der Waals surface area contributed by atoms with Gasteiger partial charge in [0.25, 0.3) is 0 Å². The monoisotopic (exact) mass is 127 g/mol. The first-order valence-electron chi connectivity index (χ1n) is 3.05. The standard InChI is InChI=1S/C6H9NS/c1-2-6-3-5-8-7(6)4-1/h1,4,6H,2-3,5H2. The van der Waals surface area contributed by atoms with E-state index in [1.165, 1.54) is 18.6 Å². The van der Waals surface area contributed by atoms with Crippen molar-refractivity contribution < 1.29 is 0 Å². The van der Waals surface area contributed by atoms with Crippen molar-refractivity contribution in [1.82, 2.24) is 4.31 Å². The van der Waals surface area contributed by atoms with Gasteiger partial charge in [-0.25, -0.2) is 0 Å². The minimum Gasteiger partial charge on any atom is -0.320 e. The van der Waals surface area contributed by atoms with E-state index in [-0.39, 0.29) is 0 Å². The summed E-state index contributed by atoms with van der Waals surface area (Å²) in [5, 5.41) is 0. The van der Waals surface area contributed by atoms with Crippen LogP contribution in [-0.4, -0.2) is 16.1 Å². The number of nitrogens with zero attached hydrogens (tertiary/aromatic N) is 1.